The maximum atomic E-state index is 12.5. The fraction of sp³-hybridized carbons (Fsp3) is 0.842. The Balaban J connectivity index is 4.32. The molecule has 0 aliphatic heterocycles. The van der Waals surface area contributed by atoms with Crippen LogP contribution in [0.4, 0.5) is 0 Å². The van der Waals surface area contributed by atoms with E-state index in [4.69, 9.17) is 5.11 Å². The van der Waals surface area contributed by atoms with Gasteiger partial charge in [0.2, 0.25) is 5.91 Å². The zero-order valence-corrected chi connectivity index (χ0v) is 16.2. The molecular formula is C19H35NO4. The summed E-state index contributed by atoms with van der Waals surface area (Å²) < 4.78 is 0. The smallest absolute Gasteiger partial charge is 0.304 e. The fourth-order valence-corrected chi connectivity index (χ4v) is 2.85. The molecule has 0 aromatic rings. The number of nitrogens with one attached hydrogen (secondary N) is 1. The third kappa shape index (κ3) is 7.02. The molecule has 1 atom stereocenters. The Kier molecular flexibility index (Phi) is 9.23. The highest BCUT2D eigenvalue weighted by atomic mass is 16.4. The molecule has 0 heterocycles. The number of rotatable bonds is 11. The van der Waals surface area contributed by atoms with Gasteiger partial charge in [0.25, 0.3) is 0 Å². The molecule has 0 saturated heterocycles. The highest BCUT2D eigenvalue weighted by Gasteiger charge is 2.41. The van der Waals surface area contributed by atoms with Crippen LogP contribution in [0.3, 0.4) is 0 Å². The predicted octanol–water partition coefficient (Wildman–Crippen LogP) is 3.81. The molecule has 0 aliphatic rings. The molecule has 5 heteroatoms. The van der Waals surface area contributed by atoms with Crippen molar-refractivity contribution in [3.05, 3.63) is 0 Å². The molecule has 0 aromatic heterocycles. The first kappa shape index (κ1) is 22.6. The van der Waals surface area contributed by atoms with E-state index in [0.29, 0.717) is 19.4 Å². The van der Waals surface area contributed by atoms with Crippen molar-refractivity contribution in [3.8, 4) is 0 Å². The van der Waals surface area contributed by atoms with E-state index in [1.165, 1.54) is 0 Å². The van der Waals surface area contributed by atoms with Gasteiger partial charge in [-0.25, -0.2) is 0 Å². The maximum Gasteiger partial charge on any atom is 0.304 e. The summed E-state index contributed by atoms with van der Waals surface area (Å²) in [4.78, 5) is 35.5. The second kappa shape index (κ2) is 9.80. The van der Waals surface area contributed by atoms with E-state index in [-0.39, 0.29) is 29.4 Å². The number of carboxylic acids is 1. The Hall–Kier alpha value is -1.39. The van der Waals surface area contributed by atoms with Gasteiger partial charge in [0, 0.05) is 18.4 Å². The molecule has 0 radical (unpaired) electrons. The quantitative estimate of drug-likeness (QED) is 0.560. The Labute approximate surface area is 146 Å². The number of unbranched alkanes of at least 4 members (excludes halogenated alkanes) is 2. The number of amides is 1. The van der Waals surface area contributed by atoms with Gasteiger partial charge in [0.1, 0.15) is 5.78 Å². The first-order valence-electron chi connectivity index (χ1n) is 9.00. The number of hydrogen-bond acceptors (Lipinski definition) is 3. The van der Waals surface area contributed by atoms with Crippen LogP contribution in [0.25, 0.3) is 0 Å². The molecule has 5 nitrogen and oxygen atoms in total. The molecule has 140 valence electrons. The van der Waals surface area contributed by atoms with Gasteiger partial charge in [-0.15, -0.1) is 0 Å². The number of Topliss-reactive ketones (excluding diaryl/α,β-unsaturated/α-hetero) is 1. The summed E-state index contributed by atoms with van der Waals surface area (Å²) >= 11 is 0. The number of hydrogen-bond donors (Lipinski definition) is 2. The van der Waals surface area contributed by atoms with Crippen LogP contribution in [0.2, 0.25) is 0 Å². The van der Waals surface area contributed by atoms with Gasteiger partial charge < -0.3 is 10.4 Å². The van der Waals surface area contributed by atoms with Gasteiger partial charge in [0.05, 0.1) is 11.8 Å². The Morgan fingerprint density at radius 2 is 1.62 bits per heavy atom. The summed E-state index contributed by atoms with van der Waals surface area (Å²) in [5, 5.41) is 12.0. The number of carboxylic acid groups (broad SMARTS) is 1. The van der Waals surface area contributed by atoms with E-state index in [1.807, 2.05) is 41.5 Å². The predicted molar refractivity (Wildman–Crippen MR) is 95.8 cm³/mol. The summed E-state index contributed by atoms with van der Waals surface area (Å²) in [7, 11) is 0. The average Bonchev–Trinajstić information content (AvgIpc) is 2.46. The lowest BCUT2D eigenvalue weighted by molar-refractivity contribution is -0.148. The lowest BCUT2D eigenvalue weighted by atomic mass is 9.71. The standard InChI is InChI=1S/C19H35NO4/c1-7-19(14(2)3,13-16(22)23)17(24)20-12-10-8-9-11-15(21)18(4,5)6/h14H,7-13H2,1-6H3,(H,20,24)(H,22,23). The van der Waals surface area contributed by atoms with Crippen molar-refractivity contribution in [2.45, 2.75) is 80.1 Å². The summed E-state index contributed by atoms with van der Waals surface area (Å²) in [6, 6.07) is 0. The van der Waals surface area contributed by atoms with E-state index in [9.17, 15) is 14.4 Å². The molecule has 0 spiro atoms. The highest BCUT2D eigenvalue weighted by molar-refractivity contribution is 5.87. The van der Waals surface area contributed by atoms with Crippen LogP contribution < -0.4 is 5.32 Å². The fourth-order valence-electron chi connectivity index (χ4n) is 2.85. The number of ketones is 1. The van der Waals surface area contributed by atoms with E-state index in [0.717, 1.165) is 19.3 Å². The summed E-state index contributed by atoms with van der Waals surface area (Å²) in [5.41, 5.74) is -1.14. The van der Waals surface area contributed by atoms with Crippen molar-refractivity contribution >= 4 is 17.7 Å². The molecule has 0 aromatic carbocycles. The monoisotopic (exact) mass is 341 g/mol. The minimum atomic E-state index is -0.943. The van der Waals surface area contributed by atoms with E-state index in [1.54, 1.807) is 0 Å². The zero-order chi connectivity index (χ0) is 19.0. The Morgan fingerprint density at radius 3 is 2.04 bits per heavy atom. The van der Waals surface area contributed by atoms with Gasteiger partial charge >= 0.3 is 5.97 Å². The second-order valence-corrected chi connectivity index (χ2v) is 7.97. The molecule has 0 rings (SSSR count). The normalized spacial score (nSPS) is 14.3. The molecule has 24 heavy (non-hydrogen) atoms. The maximum absolute atomic E-state index is 12.5. The third-order valence-electron chi connectivity index (χ3n) is 4.86. The summed E-state index contributed by atoms with van der Waals surface area (Å²) in [5.74, 6) is -0.893. The number of carbonyl (C=O) groups excluding carboxylic acids is 2. The topological polar surface area (TPSA) is 83.5 Å². The summed E-state index contributed by atoms with van der Waals surface area (Å²) in [6.45, 7) is 11.9. The molecule has 1 amide bonds. The second-order valence-electron chi connectivity index (χ2n) is 7.97. The van der Waals surface area contributed by atoms with Crippen LogP contribution >= 0.6 is 0 Å². The van der Waals surface area contributed by atoms with Gasteiger partial charge in [0.15, 0.2) is 0 Å². The average molecular weight is 341 g/mol. The molecule has 0 saturated carbocycles. The van der Waals surface area contributed by atoms with Gasteiger partial charge in [-0.1, -0.05) is 48.0 Å². The van der Waals surface area contributed by atoms with Crippen molar-refractivity contribution in [3.63, 3.8) is 0 Å². The third-order valence-corrected chi connectivity index (χ3v) is 4.86. The molecular weight excluding hydrogens is 306 g/mol. The largest absolute Gasteiger partial charge is 0.481 e. The van der Waals surface area contributed by atoms with Crippen molar-refractivity contribution in [2.24, 2.45) is 16.7 Å². The van der Waals surface area contributed by atoms with Crippen LogP contribution in [-0.4, -0.2) is 29.3 Å². The Morgan fingerprint density at radius 1 is 1.04 bits per heavy atom. The van der Waals surface area contributed by atoms with Crippen molar-refractivity contribution in [2.75, 3.05) is 6.54 Å². The van der Waals surface area contributed by atoms with Crippen molar-refractivity contribution < 1.29 is 19.5 Å². The van der Waals surface area contributed by atoms with Crippen LogP contribution in [0.1, 0.15) is 80.1 Å². The number of carbonyl (C=O) groups is 3. The lowest BCUT2D eigenvalue weighted by Gasteiger charge is -2.34. The van der Waals surface area contributed by atoms with E-state index in [2.05, 4.69) is 5.32 Å². The van der Waals surface area contributed by atoms with Crippen LogP contribution in [0.15, 0.2) is 0 Å². The Bertz CT molecular complexity index is 437. The molecule has 0 aliphatic carbocycles. The highest BCUT2D eigenvalue weighted by Crippen LogP contribution is 2.35. The lowest BCUT2D eigenvalue weighted by Crippen LogP contribution is -2.45. The van der Waals surface area contributed by atoms with Gasteiger partial charge in [-0.05, 0) is 25.2 Å². The van der Waals surface area contributed by atoms with Gasteiger partial charge in [-0.2, -0.15) is 0 Å². The van der Waals surface area contributed by atoms with Gasteiger partial charge in [-0.3, -0.25) is 14.4 Å². The molecule has 1 unspecified atom stereocenters. The summed E-state index contributed by atoms with van der Waals surface area (Å²) in [6.07, 6.45) is 3.43. The van der Waals surface area contributed by atoms with E-state index < -0.39 is 11.4 Å². The van der Waals surface area contributed by atoms with Crippen LogP contribution in [-0.2, 0) is 14.4 Å². The minimum Gasteiger partial charge on any atom is -0.481 e. The zero-order valence-electron chi connectivity index (χ0n) is 16.2. The SMILES string of the molecule is CCC(CC(=O)O)(C(=O)NCCCCCC(=O)C(C)(C)C)C(C)C. The first-order valence-corrected chi connectivity index (χ1v) is 9.00. The molecule has 2 N–H and O–H groups in total. The molecule has 0 fully saturated rings. The number of aliphatic carboxylic acids is 1. The van der Waals surface area contributed by atoms with Crippen LogP contribution in [0, 0.1) is 16.7 Å². The van der Waals surface area contributed by atoms with Crippen LogP contribution in [0.5, 0.6) is 0 Å². The van der Waals surface area contributed by atoms with E-state index >= 15 is 0 Å². The molecule has 0 bridgehead atoms. The minimum absolute atomic E-state index is 0.0389. The van der Waals surface area contributed by atoms with Crippen molar-refractivity contribution in [1.82, 2.24) is 5.32 Å². The van der Waals surface area contributed by atoms with Crippen molar-refractivity contribution in [1.29, 1.82) is 0 Å². The first-order chi connectivity index (χ1) is 11.0.